The molecule has 0 aliphatic rings. The average Bonchev–Trinajstić information content (AvgIpc) is 2.34. The van der Waals surface area contributed by atoms with E-state index in [-0.39, 0.29) is 0 Å². The second-order valence-corrected chi connectivity index (χ2v) is 3.72. The molecular formula is C11H24N2O4. The Morgan fingerprint density at radius 3 is 2.47 bits per heavy atom. The molecule has 0 unspecified atom stereocenters. The molecule has 0 aliphatic carbocycles. The molecule has 0 radical (unpaired) electrons. The molecule has 0 saturated heterocycles. The monoisotopic (exact) mass is 248 g/mol. The summed E-state index contributed by atoms with van der Waals surface area (Å²) >= 11 is 0. The fraction of sp³-hybridized carbons (Fsp3) is 0.909. The lowest BCUT2D eigenvalue weighted by Crippen LogP contribution is -2.36. The van der Waals surface area contributed by atoms with Crippen LogP contribution in [0.1, 0.15) is 39.5 Å². The smallest absolute Gasteiger partial charge is 0.329 e. The molecule has 6 heteroatoms. The highest BCUT2D eigenvalue weighted by atomic mass is 17.5. The van der Waals surface area contributed by atoms with E-state index in [4.69, 9.17) is 5.73 Å². The number of hydrogen-bond acceptors (Lipinski definition) is 5. The molecule has 1 amide bonds. The van der Waals surface area contributed by atoms with Crippen molar-refractivity contribution < 1.29 is 19.6 Å². The summed E-state index contributed by atoms with van der Waals surface area (Å²) in [4.78, 5) is 22.2. The molecule has 0 aliphatic heterocycles. The van der Waals surface area contributed by atoms with Crippen LogP contribution in [0.3, 0.4) is 0 Å². The number of rotatable bonds is 10. The van der Waals surface area contributed by atoms with Crippen molar-refractivity contribution in [2.24, 2.45) is 5.73 Å². The van der Waals surface area contributed by atoms with E-state index < -0.39 is 6.09 Å². The zero-order valence-electron chi connectivity index (χ0n) is 10.8. The Kier molecular flexibility index (Phi) is 11.0. The van der Waals surface area contributed by atoms with E-state index in [1.807, 2.05) is 6.92 Å². The van der Waals surface area contributed by atoms with Gasteiger partial charge in [0.15, 0.2) is 0 Å². The molecule has 0 saturated carbocycles. The van der Waals surface area contributed by atoms with Gasteiger partial charge in [-0.2, -0.15) is 4.89 Å². The van der Waals surface area contributed by atoms with E-state index in [2.05, 4.69) is 21.7 Å². The maximum absolute atomic E-state index is 11.5. The number of amides is 1. The Balaban J connectivity index is 3.72. The van der Waals surface area contributed by atoms with Crippen molar-refractivity contribution in [1.82, 2.24) is 4.90 Å². The normalized spacial score (nSPS) is 10.3. The molecule has 0 atom stereocenters. The first-order valence-corrected chi connectivity index (χ1v) is 6.21. The molecule has 0 rings (SSSR count). The Bertz CT molecular complexity index is 190. The van der Waals surface area contributed by atoms with Gasteiger partial charge in [0.2, 0.25) is 0 Å². The highest BCUT2D eigenvalue weighted by Crippen LogP contribution is 1.99. The Labute approximate surface area is 103 Å². The van der Waals surface area contributed by atoms with Crippen LogP contribution >= 0.6 is 0 Å². The molecule has 2 N–H and O–H groups in total. The topological polar surface area (TPSA) is 74.0 Å². The number of hydrogen-bond donors (Lipinski definition) is 1. The quantitative estimate of drug-likeness (QED) is 0.363. The van der Waals surface area contributed by atoms with Crippen LogP contribution < -0.4 is 5.73 Å². The molecule has 0 aromatic heterocycles. The molecule has 102 valence electrons. The number of unbranched alkanes of at least 4 members (excludes halogenated alkanes) is 2. The van der Waals surface area contributed by atoms with Crippen LogP contribution in [0, 0.1) is 0 Å². The van der Waals surface area contributed by atoms with Crippen LogP contribution in [0.2, 0.25) is 0 Å². The number of carbonyl (C=O) groups is 1. The Hall–Kier alpha value is -0.850. The first-order valence-electron chi connectivity index (χ1n) is 6.21. The minimum absolute atomic E-state index is 0.398. The highest BCUT2D eigenvalue weighted by Gasteiger charge is 2.14. The third-order valence-electron chi connectivity index (χ3n) is 2.17. The van der Waals surface area contributed by atoms with Gasteiger partial charge in [-0.05, 0) is 17.9 Å². The molecule has 0 aromatic rings. The fourth-order valence-corrected chi connectivity index (χ4v) is 1.14. The van der Waals surface area contributed by atoms with Crippen molar-refractivity contribution in [3.05, 3.63) is 0 Å². The van der Waals surface area contributed by atoms with Crippen LogP contribution in [0.5, 0.6) is 0 Å². The molecule has 17 heavy (non-hydrogen) atoms. The fourth-order valence-electron chi connectivity index (χ4n) is 1.14. The van der Waals surface area contributed by atoms with Crippen LogP contribution in [0.15, 0.2) is 0 Å². The summed E-state index contributed by atoms with van der Waals surface area (Å²) in [6.07, 6.45) is 3.21. The van der Waals surface area contributed by atoms with Crippen molar-refractivity contribution in [1.29, 1.82) is 0 Å². The number of nitrogens with zero attached hydrogens (tertiary/aromatic N) is 1. The Morgan fingerprint density at radius 2 is 1.88 bits per heavy atom. The maximum atomic E-state index is 11.5. The van der Waals surface area contributed by atoms with Gasteiger partial charge in [-0.25, -0.2) is 9.68 Å². The molecule has 0 bridgehead atoms. The zero-order valence-corrected chi connectivity index (χ0v) is 10.8. The summed E-state index contributed by atoms with van der Waals surface area (Å²) in [5.74, 6) is 0. The summed E-state index contributed by atoms with van der Waals surface area (Å²) in [5, 5.41) is 4.37. The number of nitrogens with two attached hydrogens (primary N) is 1. The lowest BCUT2D eigenvalue weighted by molar-refractivity contribution is -0.483. The summed E-state index contributed by atoms with van der Waals surface area (Å²) in [6, 6.07) is 0. The molecule has 0 heterocycles. The van der Waals surface area contributed by atoms with Gasteiger partial charge in [0.05, 0.1) is 6.61 Å². The van der Waals surface area contributed by atoms with Crippen LogP contribution in [0.25, 0.3) is 0 Å². The van der Waals surface area contributed by atoms with Crippen molar-refractivity contribution >= 4 is 6.09 Å². The molecule has 0 aromatic carbocycles. The minimum Gasteiger partial charge on any atom is -0.329 e. The van der Waals surface area contributed by atoms with Gasteiger partial charge in [-0.3, -0.25) is 0 Å². The first-order chi connectivity index (χ1) is 8.26. The summed E-state index contributed by atoms with van der Waals surface area (Å²) < 4.78 is 0. The number of carbonyl (C=O) groups excluding carboxylic acids is 1. The van der Waals surface area contributed by atoms with E-state index in [1.54, 1.807) is 0 Å². The maximum Gasteiger partial charge on any atom is 0.444 e. The van der Waals surface area contributed by atoms with Crippen LogP contribution in [-0.4, -0.2) is 37.2 Å². The summed E-state index contributed by atoms with van der Waals surface area (Å²) in [7, 11) is 0. The third-order valence-corrected chi connectivity index (χ3v) is 2.17. The van der Waals surface area contributed by atoms with Crippen LogP contribution in [0.4, 0.5) is 4.79 Å². The second-order valence-electron chi connectivity index (χ2n) is 3.72. The highest BCUT2D eigenvalue weighted by molar-refractivity contribution is 5.66. The van der Waals surface area contributed by atoms with E-state index >= 15 is 0 Å². The van der Waals surface area contributed by atoms with Gasteiger partial charge < -0.3 is 10.6 Å². The van der Waals surface area contributed by atoms with Crippen molar-refractivity contribution in [3.8, 4) is 0 Å². The predicted molar refractivity (Wildman–Crippen MR) is 64.0 cm³/mol. The van der Waals surface area contributed by atoms with E-state index in [9.17, 15) is 4.79 Å². The summed E-state index contributed by atoms with van der Waals surface area (Å²) in [6.45, 7) is 5.96. The van der Waals surface area contributed by atoms with Gasteiger partial charge in [0, 0.05) is 19.6 Å². The van der Waals surface area contributed by atoms with Crippen molar-refractivity contribution in [2.75, 3.05) is 26.2 Å². The van der Waals surface area contributed by atoms with E-state index in [0.717, 1.165) is 25.7 Å². The largest absolute Gasteiger partial charge is 0.444 e. The van der Waals surface area contributed by atoms with Crippen molar-refractivity contribution in [2.45, 2.75) is 39.5 Å². The lowest BCUT2D eigenvalue weighted by atomic mass is 10.3. The average molecular weight is 248 g/mol. The molecular weight excluding hydrogens is 224 g/mol. The van der Waals surface area contributed by atoms with E-state index in [0.29, 0.717) is 26.2 Å². The van der Waals surface area contributed by atoms with Gasteiger partial charge in [-0.1, -0.05) is 26.7 Å². The standard InChI is InChI=1S/C11H24N2O4/c1-3-5-8-13(9-7-12)11(14)16-17-15-10-6-4-2/h3-10,12H2,1-2H3. The van der Waals surface area contributed by atoms with Gasteiger partial charge in [0.25, 0.3) is 0 Å². The zero-order chi connectivity index (χ0) is 12.9. The van der Waals surface area contributed by atoms with Gasteiger partial charge in [0.1, 0.15) is 0 Å². The third kappa shape index (κ3) is 8.91. The molecule has 6 nitrogen and oxygen atoms in total. The minimum atomic E-state index is -0.555. The predicted octanol–water partition coefficient (Wildman–Crippen LogP) is 1.85. The summed E-state index contributed by atoms with van der Waals surface area (Å²) in [5.41, 5.74) is 5.41. The molecule has 0 fully saturated rings. The Morgan fingerprint density at radius 1 is 1.18 bits per heavy atom. The lowest BCUT2D eigenvalue weighted by Gasteiger charge is -2.19. The van der Waals surface area contributed by atoms with Crippen LogP contribution in [-0.2, 0) is 14.8 Å². The van der Waals surface area contributed by atoms with E-state index in [1.165, 1.54) is 4.90 Å². The SMILES string of the molecule is CCCCOOOC(=O)N(CCN)CCCC. The second kappa shape index (κ2) is 11.6. The van der Waals surface area contributed by atoms with Gasteiger partial charge >= 0.3 is 6.09 Å². The first kappa shape index (κ1) is 16.1. The van der Waals surface area contributed by atoms with Gasteiger partial charge in [-0.15, -0.1) is 0 Å². The van der Waals surface area contributed by atoms with Crippen molar-refractivity contribution in [3.63, 3.8) is 0 Å². The molecule has 0 spiro atoms.